The zero-order valence-electron chi connectivity index (χ0n) is 17.1. The molecule has 0 aliphatic carbocycles. The average molecular weight is 556 g/mol. The zero-order chi connectivity index (χ0) is 19.4. The fraction of sp³-hybridized carbons (Fsp3) is 0.192. The SMILES string of the molecule is Cc1ccc(-c2cc[c-]c3c2c2ccccc2n2cc(C(C)C)nc32)c(C)c1.[Ir]. The predicted molar refractivity (Wildman–Crippen MR) is 118 cm³/mol. The Morgan fingerprint density at radius 1 is 0.966 bits per heavy atom. The summed E-state index contributed by atoms with van der Waals surface area (Å²) in [6.07, 6.45) is 2.18. The first kappa shape index (κ1) is 19.8. The maximum atomic E-state index is 4.99. The van der Waals surface area contributed by atoms with Gasteiger partial charge in [0, 0.05) is 37.5 Å². The number of nitrogens with zero attached hydrogens (tertiary/aromatic N) is 2. The van der Waals surface area contributed by atoms with Crippen LogP contribution in [0, 0.1) is 19.9 Å². The van der Waals surface area contributed by atoms with Crippen molar-refractivity contribution < 1.29 is 20.1 Å². The van der Waals surface area contributed by atoms with Gasteiger partial charge in [0.1, 0.15) is 0 Å². The summed E-state index contributed by atoms with van der Waals surface area (Å²) in [6, 6.07) is 23.0. The third kappa shape index (κ3) is 3.10. The number of benzene rings is 3. The Balaban J connectivity index is 0.00000205. The van der Waals surface area contributed by atoms with Gasteiger partial charge in [-0.2, -0.15) is 0 Å². The van der Waals surface area contributed by atoms with Crippen LogP contribution in [-0.4, -0.2) is 9.38 Å². The molecule has 0 fully saturated rings. The van der Waals surface area contributed by atoms with Gasteiger partial charge in [-0.1, -0.05) is 72.1 Å². The van der Waals surface area contributed by atoms with E-state index in [4.69, 9.17) is 4.98 Å². The maximum absolute atomic E-state index is 4.99. The molecule has 0 unspecified atom stereocenters. The number of imidazole rings is 1. The Bertz CT molecular complexity index is 1360. The molecule has 0 amide bonds. The summed E-state index contributed by atoms with van der Waals surface area (Å²) in [7, 11) is 0. The quantitative estimate of drug-likeness (QED) is 0.172. The van der Waals surface area contributed by atoms with Crippen molar-refractivity contribution in [3.63, 3.8) is 0 Å². The molecule has 147 valence electrons. The standard InChI is InChI=1S/C26H23N2.Ir/c1-16(2)23-15-28-24-11-6-5-8-21(24)25-20(9-7-10-22(25)26(28)27-23)19-13-12-17(3)14-18(19)4;/h5-9,11-16H,1-4H3;/q-1;. The second-order valence-electron chi connectivity index (χ2n) is 7.99. The Labute approximate surface area is 184 Å². The molecule has 1 radical (unpaired) electrons. The van der Waals surface area contributed by atoms with Gasteiger partial charge in [-0.15, -0.1) is 18.2 Å². The van der Waals surface area contributed by atoms with E-state index in [1.165, 1.54) is 38.5 Å². The molecule has 29 heavy (non-hydrogen) atoms. The number of para-hydroxylation sites is 1. The van der Waals surface area contributed by atoms with Gasteiger partial charge in [-0.05, 0) is 42.3 Å². The minimum atomic E-state index is 0. The van der Waals surface area contributed by atoms with Crippen LogP contribution in [0.15, 0.2) is 60.8 Å². The minimum absolute atomic E-state index is 0. The van der Waals surface area contributed by atoms with Crippen molar-refractivity contribution in [1.82, 2.24) is 9.38 Å². The molecule has 2 nitrogen and oxygen atoms in total. The molecule has 2 heterocycles. The molecule has 0 bridgehead atoms. The van der Waals surface area contributed by atoms with Crippen molar-refractivity contribution in [2.75, 3.05) is 0 Å². The van der Waals surface area contributed by atoms with Gasteiger partial charge in [0.2, 0.25) is 0 Å². The molecule has 5 rings (SSSR count). The molecule has 0 saturated heterocycles. The molecule has 0 saturated carbocycles. The Hall–Kier alpha value is -2.48. The molecular formula is C26H23IrN2-. The Kier molecular flexibility index (Phi) is 5.06. The van der Waals surface area contributed by atoms with Crippen LogP contribution in [0.5, 0.6) is 0 Å². The van der Waals surface area contributed by atoms with Crippen molar-refractivity contribution in [3.05, 3.63) is 83.7 Å². The van der Waals surface area contributed by atoms with Crippen molar-refractivity contribution in [2.45, 2.75) is 33.6 Å². The number of hydrogen-bond acceptors (Lipinski definition) is 1. The fourth-order valence-electron chi connectivity index (χ4n) is 4.23. The number of aryl methyl sites for hydroxylation is 2. The summed E-state index contributed by atoms with van der Waals surface area (Å²) in [5, 5.41) is 3.56. The summed E-state index contributed by atoms with van der Waals surface area (Å²) in [6.45, 7) is 8.72. The largest absolute Gasteiger partial charge is 0.340 e. The van der Waals surface area contributed by atoms with E-state index in [0.717, 1.165) is 16.7 Å². The van der Waals surface area contributed by atoms with Crippen LogP contribution in [0.3, 0.4) is 0 Å². The van der Waals surface area contributed by atoms with Gasteiger partial charge < -0.3 is 4.40 Å². The molecule has 3 heteroatoms. The molecule has 0 atom stereocenters. The van der Waals surface area contributed by atoms with E-state index in [-0.39, 0.29) is 20.1 Å². The zero-order valence-corrected chi connectivity index (χ0v) is 19.5. The molecule has 0 spiro atoms. The first-order valence-corrected chi connectivity index (χ1v) is 9.86. The van der Waals surface area contributed by atoms with Gasteiger partial charge in [0.15, 0.2) is 0 Å². The van der Waals surface area contributed by atoms with E-state index < -0.39 is 0 Å². The molecule has 2 aromatic heterocycles. The maximum Gasteiger partial charge on any atom is 0.0612 e. The van der Waals surface area contributed by atoms with Crippen LogP contribution < -0.4 is 0 Å². The van der Waals surface area contributed by atoms with E-state index in [0.29, 0.717) is 5.92 Å². The van der Waals surface area contributed by atoms with Crippen LogP contribution in [-0.2, 0) is 20.1 Å². The Morgan fingerprint density at radius 2 is 1.76 bits per heavy atom. The summed E-state index contributed by atoms with van der Waals surface area (Å²) >= 11 is 0. The number of rotatable bonds is 2. The first-order valence-electron chi connectivity index (χ1n) is 9.86. The van der Waals surface area contributed by atoms with Gasteiger partial charge >= 0.3 is 0 Å². The van der Waals surface area contributed by atoms with Crippen LogP contribution in [0.2, 0.25) is 0 Å². The van der Waals surface area contributed by atoms with Crippen LogP contribution in [0.25, 0.3) is 38.4 Å². The number of pyridine rings is 1. The van der Waals surface area contributed by atoms with Crippen LogP contribution in [0.1, 0.15) is 36.6 Å². The summed E-state index contributed by atoms with van der Waals surface area (Å²) < 4.78 is 2.23. The molecule has 0 aliphatic heterocycles. The topological polar surface area (TPSA) is 17.3 Å². The number of fused-ring (bicyclic) bond motifs is 6. The second-order valence-corrected chi connectivity index (χ2v) is 7.99. The molecule has 0 aliphatic rings. The monoisotopic (exact) mass is 556 g/mol. The van der Waals surface area contributed by atoms with Gasteiger partial charge in [-0.25, -0.2) is 0 Å². The average Bonchev–Trinajstić information content (AvgIpc) is 3.14. The van der Waals surface area contributed by atoms with Crippen LogP contribution in [0.4, 0.5) is 0 Å². The molecular weight excluding hydrogens is 533 g/mol. The first-order chi connectivity index (χ1) is 13.5. The minimum Gasteiger partial charge on any atom is -0.340 e. The van der Waals surface area contributed by atoms with Gasteiger partial charge in [0.05, 0.1) is 5.65 Å². The molecule has 0 N–H and O–H groups in total. The Morgan fingerprint density at radius 3 is 2.52 bits per heavy atom. The van der Waals surface area contributed by atoms with Crippen molar-refractivity contribution in [3.8, 4) is 11.1 Å². The van der Waals surface area contributed by atoms with E-state index in [2.05, 4.69) is 92.9 Å². The predicted octanol–water partition coefficient (Wildman–Crippen LogP) is 6.85. The third-order valence-corrected chi connectivity index (χ3v) is 5.64. The summed E-state index contributed by atoms with van der Waals surface area (Å²) in [4.78, 5) is 4.99. The van der Waals surface area contributed by atoms with E-state index in [9.17, 15) is 0 Å². The normalized spacial score (nSPS) is 11.5. The van der Waals surface area contributed by atoms with Crippen molar-refractivity contribution in [2.24, 2.45) is 0 Å². The molecule has 3 aromatic carbocycles. The van der Waals surface area contributed by atoms with Crippen LogP contribution >= 0.6 is 0 Å². The third-order valence-electron chi connectivity index (χ3n) is 5.64. The van der Waals surface area contributed by atoms with Crippen molar-refractivity contribution in [1.29, 1.82) is 0 Å². The van der Waals surface area contributed by atoms with Crippen molar-refractivity contribution >= 4 is 27.3 Å². The number of hydrogen-bond donors (Lipinski definition) is 0. The van der Waals surface area contributed by atoms with E-state index >= 15 is 0 Å². The van der Waals surface area contributed by atoms with Gasteiger partial charge in [-0.3, -0.25) is 4.98 Å². The second kappa shape index (κ2) is 7.40. The summed E-state index contributed by atoms with van der Waals surface area (Å²) in [5.74, 6) is 0.385. The number of aromatic nitrogens is 2. The smallest absolute Gasteiger partial charge is 0.0612 e. The van der Waals surface area contributed by atoms with E-state index in [1.54, 1.807) is 0 Å². The summed E-state index contributed by atoms with van der Waals surface area (Å²) in [5.41, 5.74) is 8.40. The van der Waals surface area contributed by atoms with Gasteiger partial charge in [0.25, 0.3) is 0 Å². The van der Waals surface area contributed by atoms with E-state index in [1.807, 2.05) is 6.07 Å². The molecule has 5 aromatic rings. The fourth-order valence-corrected chi connectivity index (χ4v) is 4.23.